The second-order valence-electron chi connectivity index (χ2n) is 3.62. The fraction of sp³-hybridized carbons (Fsp3) is 0.455. The summed E-state index contributed by atoms with van der Waals surface area (Å²) in [5.41, 5.74) is 1.44. The van der Waals surface area contributed by atoms with Gasteiger partial charge in [0, 0.05) is 6.20 Å². The van der Waals surface area contributed by atoms with Gasteiger partial charge in [0.2, 0.25) is 5.88 Å². The summed E-state index contributed by atoms with van der Waals surface area (Å²) >= 11 is 0. The molecule has 0 saturated carbocycles. The molecule has 0 aromatic carbocycles. The highest BCUT2D eigenvalue weighted by Gasteiger charge is 2.07. The summed E-state index contributed by atoms with van der Waals surface area (Å²) in [6.07, 6.45) is 1.66. The molecule has 0 aliphatic heterocycles. The smallest absolute Gasteiger partial charge is 0.231 e. The molecule has 1 aromatic heterocycles. The maximum Gasteiger partial charge on any atom is 0.231 e. The van der Waals surface area contributed by atoms with Gasteiger partial charge in [0.05, 0.1) is 6.61 Å². The van der Waals surface area contributed by atoms with E-state index in [0.29, 0.717) is 24.0 Å². The van der Waals surface area contributed by atoms with Crippen LogP contribution in [0.1, 0.15) is 25.0 Å². The lowest BCUT2D eigenvalue weighted by molar-refractivity contribution is 0.260. The van der Waals surface area contributed by atoms with Gasteiger partial charge < -0.3 is 4.74 Å². The van der Waals surface area contributed by atoms with Crippen molar-refractivity contribution in [2.75, 3.05) is 6.61 Å². The number of nitriles is 1. The van der Waals surface area contributed by atoms with Crippen LogP contribution in [0, 0.1) is 24.2 Å². The summed E-state index contributed by atoms with van der Waals surface area (Å²) in [6.45, 7) is 6.58. The van der Waals surface area contributed by atoms with E-state index in [1.807, 2.05) is 6.92 Å². The van der Waals surface area contributed by atoms with Crippen LogP contribution < -0.4 is 4.74 Å². The predicted molar refractivity (Wildman–Crippen MR) is 54.0 cm³/mol. The summed E-state index contributed by atoms with van der Waals surface area (Å²) in [7, 11) is 0. The Kier molecular flexibility index (Phi) is 3.47. The van der Waals surface area contributed by atoms with Crippen LogP contribution in [-0.4, -0.2) is 11.6 Å². The van der Waals surface area contributed by atoms with Crippen LogP contribution in [-0.2, 0) is 0 Å². The van der Waals surface area contributed by atoms with Gasteiger partial charge >= 0.3 is 0 Å². The molecule has 0 bridgehead atoms. The largest absolute Gasteiger partial charge is 0.476 e. The molecule has 0 spiro atoms. The maximum atomic E-state index is 8.89. The van der Waals surface area contributed by atoms with E-state index in [2.05, 4.69) is 24.9 Å². The Morgan fingerprint density at radius 3 is 2.86 bits per heavy atom. The zero-order valence-electron chi connectivity index (χ0n) is 8.74. The third-order valence-electron chi connectivity index (χ3n) is 1.79. The molecule has 74 valence electrons. The molecule has 1 rings (SSSR count). The molecule has 1 aromatic rings. The van der Waals surface area contributed by atoms with Crippen molar-refractivity contribution in [3.05, 3.63) is 23.4 Å². The minimum absolute atomic E-state index is 0.434. The Morgan fingerprint density at radius 2 is 2.29 bits per heavy atom. The van der Waals surface area contributed by atoms with Gasteiger partial charge in [-0.05, 0) is 24.5 Å². The number of hydrogen-bond donors (Lipinski definition) is 0. The van der Waals surface area contributed by atoms with Crippen LogP contribution in [0.25, 0.3) is 0 Å². The number of aryl methyl sites for hydroxylation is 1. The Bertz CT molecular complexity index is 353. The van der Waals surface area contributed by atoms with Crippen molar-refractivity contribution in [2.24, 2.45) is 5.92 Å². The molecule has 0 aliphatic rings. The number of hydrogen-bond acceptors (Lipinski definition) is 3. The van der Waals surface area contributed by atoms with Gasteiger partial charge in [-0.2, -0.15) is 5.26 Å². The Morgan fingerprint density at radius 1 is 1.57 bits per heavy atom. The number of aromatic nitrogens is 1. The Balaban J connectivity index is 2.87. The van der Waals surface area contributed by atoms with Gasteiger partial charge in [0.15, 0.2) is 0 Å². The number of nitrogens with zero attached hydrogens (tertiary/aromatic N) is 2. The van der Waals surface area contributed by atoms with Gasteiger partial charge in [0.25, 0.3) is 0 Å². The molecule has 3 nitrogen and oxygen atoms in total. The fourth-order valence-electron chi connectivity index (χ4n) is 1.02. The first-order valence-electron chi connectivity index (χ1n) is 4.63. The lowest BCUT2D eigenvalue weighted by Gasteiger charge is -2.09. The monoisotopic (exact) mass is 190 g/mol. The highest BCUT2D eigenvalue weighted by Crippen LogP contribution is 2.17. The predicted octanol–water partition coefficient (Wildman–Crippen LogP) is 2.30. The number of ether oxygens (including phenoxy) is 1. The number of rotatable bonds is 3. The maximum absolute atomic E-state index is 8.89. The molecule has 0 radical (unpaired) electrons. The zero-order valence-corrected chi connectivity index (χ0v) is 8.74. The van der Waals surface area contributed by atoms with E-state index >= 15 is 0 Å². The van der Waals surface area contributed by atoms with Crippen molar-refractivity contribution >= 4 is 0 Å². The minimum Gasteiger partial charge on any atom is -0.476 e. The van der Waals surface area contributed by atoms with Gasteiger partial charge in [-0.1, -0.05) is 13.8 Å². The zero-order chi connectivity index (χ0) is 10.6. The third-order valence-corrected chi connectivity index (χ3v) is 1.79. The molecule has 0 N–H and O–H groups in total. The van der Waals surface area contributed by atoms with Crippen LogP contribution in [0.15, 0.2) is 12.3 Å². The Labute approximate surface area is 84.3 Å². The van der Waals surface area contributed by atoms with Crippen molar-refractivity contribution < 1.29 is 4.74 Å². The van der Waals surface area contributed by atoms with E-state index in [0.717, 1.165) is 5.56 Å². The van der Waals surface area contributed by atoms with Gasteiger partial charge in [-0.25, -0.2) is 4.98 Å². The van der Waals surface area contributed by atoms with Crippen molar-refractivity contribution in [3.63, 3.8) is 0 Å². The first-order chi connectivity index (χ1) is 6.65. The molecule has 0 aliphatic carbocycles. The summed E-state index contributed by atoms with van der Waals surface area (Å²) < 4.78 is 5.44. The minimum atomic E-state index is 0.434. The molecule has 0 atom stereocenters. The first kappa shape index (κ1) is 10.5. The van der Waals surface area contributed by atoms with Crippen molar-refractivity contribution in [2.45, 2.75) is 20.8 Å². The standard InChI is InChI=1S/C11H14N2O/c1-8(2)7-14-11-10(6-12)9(3)4-5-13-11/h4-5,8H,7H2,1-3H3. The normalized spacial score (nSPS) is 9.93. The number of pyridine rings is 1. The molecule has 14 heavy (non-hydrogen) atoms. The molecule has 0 amide bonds. The molecular weight excluding hydrogens is 176 g/mol. The second kappa shape index (κ2) is 4.61. The quantitative estimate of drug-likeness (QED) is 0.734. The van der Waals surface area contributed by atoms with Gasteiger partial charge in [-0.15, -0.1) is 0 Å². The van der Waals surface area contributed by atoms with E-state index in [4.69, 9.17) is 10.00 Å². The van der Waals surface area contributed by atoms with E-state index in [1.54, 1.807) is 12.3 Å². The van der Waals surface area contributed by atoms with Crippen molar-refractivity contribution in [3.8, 4) is 11.9 Å². The van der Waals surface area contributed by atoms with Crippen LogP contribution in [0.2, 0.25) is 0 Å². The van der Waals surface area contributed by atoms with Crippen molar-refractivity contribution in [1.82, 2.24) is 4.98 Å². The lowest BCUT2D eigenvalue weighted by Crippen LogP contribution is -2.07. The van der Waals surface area contributed by atoms with Gasteiger partial charge in [-0.3, -0.25) is 0 Å². The molecule has 3 heteroatoms. The average Bonchev–Trinajstić information content (AvgIpc) is 2.14. The van der Waals surface area contributed by atoms with Crippen LogP contribution in [0.3, 0.4) is 0 Å². The van der Waals surface area contributed by atoms with E-state index in [1.165, 1.54) is 0 Å². The fourth-order valence-corrected chi connectivity index (χ4v) is 1.02. The summed E-state index contributed by atoms with van der Waals surface area (Å²) in [5, 5.41) is 8.89. The first-order valence-corrected chi connectivity index (χ1v) is 4.63. The summed E-state index contributed by atoms with van der Waals surface area (Å²) in [6, 6.07) is 3.91. The SMILES string of the molecule is Cc1ccnc(OCC(C)C)c1C#N. The van der Waals surface area contributed by atoms with Gasteiger partial charge in [0.1, 0.15) is 11.6 Å². The highest BCUT2D eigenvalue weighted by molar-refractivity contribution is 5.43. The van der Waals surface area contributed by atoms with E-state index in [-0.39, 0.29) is 0 Å². The topological polar surface area (TPSA) is 45.9 Å². The lowest BCUT2D eigenvalue weighted by atomic mass is 10.2. The van der Waals surface area contributed by atoms with Crippen LogP contribution in [0.4, 0.5) is 0 Å². The summed E-state index contributed by atoms with van der Waals surface area (Å²) in [5.74, 6) is 0.880. The highest BCUT2D eigenvalue weighted by atomic mass is 16.5. The average molecular weight is 190 g/mol. The van der Waals surface area contributed by atoms with E-state index in [9.17, 15) is 0 Å². The molecule has 0 saturated heterocycles. The molecule has 0 unspecified atom stereocenters. The summed E-state index contributed by atoms with van der Waals surface area (Å²) in [4.78, 5) is 4.04. The van der Waals surface area contributed by atoms with E-state index < -0.39 is 0 Å². The Hall–Kier alpha value is -1.56. The molecule has 0 fully saturated rings. The second-order valence-corrected chi connectivity index (χ2v) is 3.62. The molecule has 1 heterocycles. The van der Waals surface area contributed by atoms with Crippen LogP contribution >= 0.6 is 0 Å². The third kappa shape index (κ3) is 2.46. The van der Waals surface area contributed by atoms with Crippen LogP contribution in [0.5, 0.6) is 5.88 Å². The molecular formula is C11H14N2O. The van der Waals surface area contributed by atoms with Crippen molar-refractivity contribution in [1.29, 1.82) is 5.26 Å².